The third-order valence-electron chi connectivity index (χ3n) is 0. The molecule has 0 saturated carbocycles. The molecule has 0 aliphatic carbocycles. The second kappa shape index (κ2) is 358. The summed E-state index contributed by atoms with van der Waals surface area (Å²) in [6.45, 7) is 0. The monoisotopic (exact) mass is 120 g/mol. The molecule has 0 aromatic rings. The van der Waals surface area contributed by atoms with Gasteiger partial charge >= 0.3 is 0 Å². The predicted molar refractivity (Wildman–Crippen MR) is 20.1 cm³/mol. The molecule has 0 bridgehead atoms. The molecule has 5 heteroatoms. The van der Waals surface area contributed by atoms with Gasteiger partial charge in [0.05, 0.1) is 0 Å². The van der Waals surface area contributed by atoms with Crippen LogP contribution in [0.15, 0.2) is 0 Å². The van der Waals surface area contributed by atoms with Crippen molar-refractivity contribution >= 4 is 0 Å². The van der Waals surface area contributed by atoms with Crippen molar-refractivity contribution in [2.45, 2.75) is 0 Å². The van der Waals surface area contributed by atoms with Gasteiger partial charge in [-0.2, -0.15) is 0 Å². The van der Waals surface area contributed by atoms with E-state index in [-0.39, 0.29) is 42.0 Å². The molecule has 0 atom stereocenters. The van der Waals surface area contributed by atoms with Gasteiger partial charge in [-0.25, -0.2) is 0 Å². The number of rotatable bonds is 0. The van der Waals surface area contributed by atoms with E-state index in [0.29, 0.717) is 0 Å². The third-order valence-corrected chi connectivity index (χ3v) is 0. The van der Waals surface area contributed by atoms with Crippen molar-refractivity contribution in [1.82, 2.24) is 24.6 Å². The van der Waals surface area contributed by atoms with Gasteiger partial charge in [0.1, 0.15) is 0 Å². The summed E-state index contributed by atoms with van der Waals surface area (Å²) in [6, 6.07) is 0. The van der Waals surface area contributed by atoms with Crippen molar-refractivity contribution in [1.29, 1.82) is 0 Å². The maximum absolute atomic E-state index is 0. The van der Waals surface area contributed by atoms with Crippen LogP contribution in [-0.2, 0) is 17.4 Å². The van der Waals surface area contributed by atoms with Crippen molar-refractivity contribution in [3.63, 3.8) is 0 Å². The summed E-state index contributed by atoms with van der Waals surface area (Å²) in [6.07, 6.45) is 0. The Labute approximate surface area is 42.8 Å². The van der Waals surface area contributed by atoms with Crippen LogP contribution in [0.2, 0.25) is 0 Å². The maximum atomic E-state index is 0. The van der Waals surface area contributed by atoms with Gasteiger partial charge in [-0.1, -0.05) is 0 Å². The summed E-state index contributed by atoms with van der Waals surface area (Å²) in [5.74, 6) is 0. The van der Waals surface area contributed by atoms with Crippen LogP contribution in [0.4, 0.5) is 0 Å². The van der Waals surface area contributed by atoms with Crippen LogP contribution >= 0.6 is 0 Å². The smallest absolute Gasteiger partial charge is 0 e. The Morgan fingerprint density at radius 1 is 0.400 bits per heavy atom. The molecule has 0 aromatic heterocycles. The zero-order valence-corrected chi connectivity index (χ0v) is 4.51. The molecule has 0 spiro atoms. The minimum atomic E-state index is 0. The van der Waals surface area contributed by atoms with E-state index in [1.54, 1.807) is 0 Å². The second-order valence-corrected chi connectivity index (χ2v) is 0. The van der Waals surface area contributed by atoms with Gasteiger partial charge < -0.3 is 24.6 Å². The minimum absolute atomic E-state index is 0. The summed E-state index contributed by atoms with van der Waals surface area (Å²) in [5, 5.41) is 0. The summed E-state index contributed by atoms with van der Waals surface area (Å²) in [4.78, 5) is 0. The van der Waals surface area contributed by atoms with E-state index in [1.807, 2.05) is 0 Å². The van der Waals surface area contributed by atoms with Crippen LogP contribution < -0.4 is 24.6 Å². The topological polar surface area (TPSA) is 140 Å². The fourth-order valence-electron chi connectivity index (χ4n) is 0. The van der Waals surface area contributed by atoms with E-state index in [9.17, 15) is 0 Å². The van der Waals surface area contributed by atoms with Crippen LogP contribution in [0.5, 0.6) is 0 Å². The molecule has 12 N–H and O–H groups in total. The molecule has 0 rings (SSSR count). The Balaban J connectivity index is 0. The average Bonchev–Trinajstić information content (AvgIpc) is 0. The molecule has 5 heavy (non-hydrogen) atoms. The van der Waals surface area contributed by atoms with E-state index < -0.39 is 0 Å². The zero-order valence-electron chi connectivity index (χ0n) is 3.24. The Morgan fingerprint density at radius 2 is 0.400 bits per heavy atom. The quantitative estimate of drug-likeness (QED) is 0.372. The van der Waals surface area contributed by atoms with Crippen LogP contribution in [0.25, 0.3) is 0 Å². The molecular formula is H12CrN4. The largest absolute Gasteiger partial charge is 0.344 e. The molecule has 0 radical (unpaired) electrons. The van der Waals surface area contributed by atoms with Crippen LogP contribution in [-0.4, -0.2) is 0 Å². The van der Waals surface area contributed by atoms with Gasteiger partial charge in [-0.3, -0.25) is 0 Å². The van der Waals surface area contributed by atoms with Crippen LogP contribution in [0.1, 0.15) is 0 Å². The first-order valence-corrected chi connectivity index (χ1v) is 0. The van der Waals surface area contributed by atoms with Gasteiger partial charge in [0.2, 0.25) is 0 Å². The Hall–Kier alpha value is 0.372. The molecule has 0 aliphatic heterocycles. The Morgan fingerprint density at radius 3 is 0.400 bits per heavy atom. The first kappa shape index (κ1) is 740. The van der Waals surface area contributed by atoms with Crippen molar-refractivity contribution in [3.8, 4) is 0 Å². The number of hydrogen-bond donors (Lipinski definition) is 4. The Kier molecular flexibility index (Phi) is 53100. The normalized spacial score (nSPS) is 0. The molecule has 0 unspecified atom stereocenters. The first-order chi connectivity index (χ1) is 0. The van der Waals surface area contributed by atoms with E-state index >= 15 is 0 Å². The fourth-order valence-corrected chi connectivity index (χ4v) is 0. The van der Waals surface area contributed by atoms with E-state index in [2.05, 4.69) is 0 Å². The average molecular weight is 120 g/mol. The number of hydrogen-bond acceptors (Lipinski definition) is 4. The first-order valence-electron chi connectivity index (χ1n) is 0. The Bertz CT molecular complexity index is 3.61. The van der Waals surface area contributed by atoms with Crippen molar-refractivity contribution in [2.75, 3.05) is 0 Å². The van der Waals surface area contributed by atoms with Crippen molar-refractivity contribution in [2.24, 2.45) is 0 Å². The van der Waals surface area contributed by atoms with Crippen LogP contribution in [0.3, 0.4) is 0 Å². The molecule has 0 amide bonds. The molecule has 4 nitrogen and oxygen atoms in total. The zero-order chi connectivity index (χ0) is 0. The third kappa shape index (κ3) is 177. The SMILES string of the molecule is N.N.N.N.[Cr]. The standard InChI is InChI=1S/Cr.4H3N/h;4*1H3. The van der Waals surface area contributed by atoms with Gasteiger partial charge in [0, 0.05) is 17.4 Å². The summed E-state index contributed by atoms with van der Waals surface area (Å²) in [7, 11) is 0. The van der Waals surface area contributed by atoms with Gasteiger partial charge in [0.15, 0.2) is 0 Å². The van der Waals surface area contributed by atoms with E-state index in [4.69, 9.17) is 0 Å². The minimum Gasteiger partial charge on any atom is -0.344 e. The predicted octanol–water partition coefficient (Wildman–Crippen LogP) is 0.645. The van der Waals surface area contributed by atoms with Gasteiger partial charge in [-0.05, 0) is 0 Å². The summed E-state index contributed by atoms with van der Waals surface area (Å²) >= 11 is 0. The molecule has 0 fully saturated rings. The van der Waals surface area contributed by atoms with E-state index in [0.717, 1.165) is 0 Å². The molecule has 0 saturated heterocycles. The molecule has 0 aromatic carbocycles. The second-order valence-electron chi connectivity index (χ2n) is 0. The fraction of sp³-hybridized carbons (Fsp3) is 0. The van der Waals surface area contributed by atoms with Gasteiger partial charge in [0.25, 0.3) is 0 Å². The summed E-state index contributed by atoms with van der Waals surface area (Å²) < 4.78 is 0. The molecule has 0 heterocycles. The van der Waals surface area contributed by atoms with Crippen molar-refractivity contribution in [3.05, 3.63) is 0 Å². The van der Waals surface area contributed by atoms with Crippen molar-refractivity contribution < 1.29 is 17.4 Å². The molecule has 38 valence electrons. The van der Waals surface area contributed by atoms with Crippen LogP contribution in [0, 0.1) is 0 Å². The summed E-state index contributed by atoms with van der Waals surface area (Å²) in [5.41, 5.74) is 0. The molecular weight excluding hydrogens is 108 g/mol. The maximum Gasteiger partial charge on any atom is 0 e. The molecule has 0 aliphatic rings. The van der Waals surface area contributed by atoms with Gasteiger partial charge in [-0.15, -0.1) is 0 Å². The van der Waals surface area contributed by atoms with E-state index in [1.165, 1.54) is 0 Å².